The van der Waals surface area contributed by atoms with Crippen LogP contribution in [0.4, 0.5) is 4.39 Å². The SMILES string of the molecule is O=C1C=C(F)CN=C1c1[c-]cccc1.[Ir]. The van der Waals surface area contributed by atoms with Crippen LogP contribution in [0.5, 0.6) is 0 Å². The third-order valence-corrected chi connectivity index (χ3v) is 1.87. The van der Waals surface area contributed by atoms with Crippen LogP contribution in [-0.2, 0) is 24.9 Å². The number of carbonyl (C=O) groups is 1. The molecule has 1 aromatic carbocycles. The Kier molecular flexibility index (Phi) is 4.06. The first-order chi connectivity index (χ1) is 6.77. The summed E-state index contributed by atoms with van der Waals surface area (Å²) in [6.07, 6.45) is 0.975. The Morgan fingerprint density at radius 3 is 2.80 bits per heavy atom. The standard InChI is InChI=1S/C11H7FNO.Ir/c12-9-6-10(14)11(13-7-9)8-4-2-1-3-5-8;/h1-4,6H,7H2;/q-1;. The van der Waals surface area contributed by atoms with Gasteiger partial charge in [-0.05, 0) is 0 Å². The van der Waals surface area contributed by atoms with Crippen molar-refractivity contribution in [1.82, 2.24) is 0 Å². The van der Waals surface area contributed by atoms with E-state index in [4.69, 9.17) is 0 Å². The van der Waals surface area contributed by atoms with Gasteiger partial charge in [-0.15, -0.1) is 35.9 Å². The van der Waals surface area contributed by atoms with E-state index in [0.29, 0.717) is 5.56 Å². The summed E-state index contributed by atoms with van der Waals surface area (Å²) in [6, 6.07) is 9.89. The molecule has 1 aromatic rings. The van der Waals surface area contributed by atoms with Crippen LogP contribution in [0.25, 0.3) is 0 Å². The van der Waals surface area contributed by atoms with Crippen LogP contribution in [0.15, 0.2) is 41.2 Å². The minimum Gasteiger partial charge on any atom is -0.322 e. The van der Waals surface area contributed by atoms with Crippen LogP contribution < -0.4 is 0 Å². The number of allylic oxidation sites excluding steroid dienone is 1. The second-order valence-electron chi connectivity index (χ2n) is 2.90. The molecule has 1 heterocycles. The molecule has 15 heavy (non-hydrogen) atoms. The van der Waals surface area contributed by atoms with E-state index in [1.807, 2.05) is 0 Å². The topological polar surface area (TPSA) is 29.4 Å². The van der Waals surface area contributed by atoms with Gasteiger partial charge in [-0.1, -0.05) is 0 Å². The molecule has 0 saturated carbocycles. The van der Waals surface area contributed by atoms with E-state index in [-0.39, 0.29) is 32.4 Å². The third-order valence-electron chi connectivity index (χ3n) is 1.87. The van der Waals surface area contributed by atoms with Crippen molar-refractivity contribution in [2.45, 2.75) is 0 Å². The van der Waals surface area contributed by atoms with Crippen LogP contribution in [0.1, 0.15) is 5.56 Å². The molecular weight excluding hydrogens is 373 g/mol. The van der Waals surface area contributed by atoms with Gasteiger partial charge in [0.2, 0.25) is 0 Å². The first kappa shape index (κ1) is 12.0. The average molecular weight is 380 g/mol. The van der Waals surface area contributed by atoms with Crippen molar-refractivity contribution in [2.24, 2.45) is 4.99 Å². The van der Waals surface area contributed by atoms with Crippen LogP contribution in [-0.4, -0.2) is 18.0 Å². The van der Waals surface area contributed by atoms with E-state index in [2.05, 4.69) is 11.1 Å². The van der Waals surface area contributed by atoms with Crippen molar-refractivity contribution in [1.29, 1.82) is 0 Å². The van der Waals surface area contributed by atoms with E-state index >= 15 is 0 Å². The zero-order valence-corrected chi connectivity index (χ0v) is 10.1. The van der Waals surface area contributed by atoms with Crippen molar-refractivity contribution in [3.63, 3.8) is 0 Å². The molecule has 1 aliphatic rings. The number of benzene rings is 1. The summed E-state index contributed by atoms with van der Waals surface area (Å²) in [5.74, 6) is -0.883. The van der Waals surface area contributed by atoms with Crippen LogP contribution in [0.3, 0.4) is 0 Å². The maximum Gasteiger partial charge on any atom is 0.165 e. The largest absolute Gasteiger partial charge is 0.322 e. The number of hydrogen-bond donors (Lipinski definition) is 0. The number of ketones is 1. The molecular formula is C11H7FIrNO-. The molecule has 0 atom stereocenters. The number of aliphatic imine (C=N–C) groups is 1. The summed E-state index contributed by atoms with van der Waals surface area (Å²) in [7, 11) is 0. The van der Waals surface area contributed by atoms with Gasteiger partial charge in [0.25, 0.3) is 0 Å². The van der Waals surface area contributed by atoms with Gasteiger partial charge in [0.15, 0.2) is 5.78 Å². The van der Waals surface area contributed by atoms with Gasteiger partial charge in [0, 0.05) is 31.9 Å². The number of nitrogens with zero attached hydrogens (tertiary/aromatic N) is 1. The van der Waals surface area contributed by atoms with Gasteiger partial charge in [-0.3, -0.25) is 4.79 Å². The van der Waals surface area contributed by atoms with Crippen LogP contribution in [0.2, 0.25) is 0 Å². The molecule has 2 nitrogen and oxygen atoms in total. The van der Waals surface area contributed by atoms with Gasteiger partial charge < -0.3 is 4.99 Å². The average Bonchev–Trinajstić information content (AvgIpc) is 2.19. The summed E-state index contributed by atoms with van der Waals surface area (Å²) >= 11 is 0. The summed E-state index contributed by atoms with van der Waals surface area (Å²) in [4.78, 5) is 15.2. The van der Waals surface area contributed by atoms with E-state index < -0.39 is 11.6 Å². The van der Waals surface area contributed by atoms with Crippen molar-refractivity contribution in [3.8, 4) is 0 Å². The van der Waals surface area contributed by atoms with Gasteiger partial charge in [0.1, 0.15) is 5.83 Å². The minimum atomic E-state index is -0.491. The van der Waals surface area contributed by atoms with Gasteiger partial charge in [-0.25, -0.2) is 4.39 Å². The molecule has 1 aliphatic heterocycles. The predicted octanol–water partition coefficient (Wildman–Crippen LogP) is 1.71. The van der Waals surface area contributed by atoms with Crippen molar-refractivity contribution in [2.75, 3.05) is 6.54 Å². The molecule has 1 radical (unpaired) electrons. The number of halogens is 1. The summed E-state index contributed by atoms with van der Waals surface area (Å²) < 4.78 is 12.6. The smallest absolute Gasteiger partial charge is 0.165 e. The number of dihydropyridines is 1. The quantitative estimate of drug-likeness (QED) is 0.682. The molecule has 0 bridgehead atoms. The maximum absolute atomic E-state index is 12.6. The van der Waals surface area contributed by atoms with Crippen molar-refractivity contribution >= 4 is 11.5 Å². The molecule has 0 fully saturated rings. The van der Waals surface area contributed by atoms with Crippen LogP contribution >= 0.6 is 0 Å². The Hall–Kier alpha value is -1.12. The molecule has 0 spiro atoms. The molecule has 4 heteroatoms. The fourth-order valence-corrected chi connectivity index (χ4v) is 1.25. The van der Waals surface area contributed by atoms with E-state index in [1.54, 1.807) is 24.3 Å². The normalized spacial score (nSPS) is 15.1. The molecule has 0 saturated heterocycles. The molecule has 0 aromatic heterocycles. The third kappa shape index (κ3) is 2.67. The summed E-state index contributed by atoms with van der Waals surface area (Å²) in [6.45, 7) is -0.0518. The fraction of sp³-hybridized carbons (Fsp3) is 0.0909. The molecule has 0 N–H and O–H groups in total. The monoisotopic (exact) mass is 381 g/mol. The Labute approximate surface area is 100 Å². The van der Waals surface area contributed by atoms with Crippen molar-refractivity contribution in [3.05, 3.63) is 47.8 Å². The number of hydrogen-bond acceptors (Lipinski definition) is 2. The molecule has 0 amide bonds. The van der Waals surface area contributed by atoms with E-state index in [0.717, 1.165) is 6.08 Å². The second kappa shape index (κ2) is 5.10. The van der Waals surface area contributed by atoms with Crippen LogP contribution in [0, 0.1) is 6.07 Å². The summed E-state index contributed by atoms with van der Waals surface area (Å²) in [5.41, 5.74) is 0.897. The van der Waals surface area contributed by atoms with Crippen molar-refractivity contribution < 1.29 is 29.3 Å². The second-order valence-corrected chi connectivity index (χ2v) is 2.90. The zero-order chi connectivity index (χ0) is 9.97. The van der Waals surface area contributed by atoms with Gasteiger partial charge in [0.05, 0.1) is 6.54 Å². The Morgan fingerprint density at radius 1 is 1.40 bits per heavy atom. The molecule has 0 aliphatic carbocycles. The minimum absolute atomic E-state index is 0. The molecule has 2 rings (SSSR count). The first-order valence-electron chi connectivity index (χ1n) is 4.19. The molecule has 79 valence electrons. The van der Waals surface area contributed by atoms with E-state index in [9.17, 15) is 9.18 Å². The number of rotatable bonds is 1. The summed E-state index contributed by atoms with van der Waals surface area (Å²) in [5, 5.41) is 0. The Balaban J connectivity index is 0.00000112. The van der Waals surface area contributed by atoms with Gasteiger partial charge in [-0.2, -0.15) is 0 Å². The zero-order valence-electron chi connectivity index (χ0n) is 7.66. The number of carbonyl (C=O) groups excluding carboxylic acids is 1. The first-order valence-corrected chi connectivity index (χ1v) is 4.19. The predicted molar refractivity (Wildman–Crippen MR) is 50.9 cm³/mol. The maximum atomic E-state index is 12.6. The Morgan fingerprint density at radius 2 is 2.20 bits per heavy atom. The molecule has 0 unspecified atom stereocenters. The van der Waals surface area contributed by atoms with E-state index in [1.165, 1.54) is 0 Å². The fourth-order valence-electron chi connectivity index (χ4n) is 1.25. The Bertz CT molecular complexity index is 425. The van der Waals surface area contributed by atoms with Gasteiger partial charge >= 0.3 is 0 Å².